The van der Waals surface area contributed by atoms with E-state index in [9.17, 15) is 29.7 Å². The topological polar surface area (TPSA) is 164 Å². The Kier molecular flexibility index (Phi) is 8.54. The summed E-state index contributed by atoms with van der Waals surface area (Å²) in [4.78, 5) is 39.3. The Balaban J connectivity index is 1.51. The number of thioether (sulfide) groups is 1. The van der Waals surface area contributed by atoms with Gasteiger partial charge in [0.25, 0.3) is 0 Å². The fraction of sp³-hybridized carbons (Fsp3) is 0.485. The van der Waals surface area contributed by atoms with Crippen molar-refractivity contribution in [2.24, 2.45) is 11.8 Å². The number of aromatic amines is 1. The summed E-state index contributed by atoms with van der Waals surface area (Å²) in [6.07, 6.45) is 6.86. The van der Waals surface area contributed by atoms with E-state index in [1.54, 1.807) is 17.8 Å². The number of hydrogen-bond acceptors (Lipinski definition) is 7. The number of hydrogen-bond donors (Lipinski definition) is 7. The van der Waals surface area contributed by atoms with E-state index >= 15 is 0 Å². The molecule has 5 heterocycles. The zero-order valence-electron chi connectivity index (χ0n) is 25.8. The highest BCUT2D eigenvalue weighted by Gasteiger charge is 2.65. The van der Waals surface area contributed by atoms with Crippen LogP contribution in [0.5, 0.6) is 0 Å². The molecule has 7 N–H and O–H groups in total. The van der Waals surface area contributed by atoms with Crippen LogP contribution in [0.2, 0.25) is 0 Å². The van der Waals surface area contributed by atoms with Gasteiger partial charge in [0.15, 0.2) is 5.88 Å². The second-order valence-electron chi connectivity index (χ2n) is 12.4. The Labute approximate surface area is 261 Å². The first-order valence-corrected chi connectivity index (χ1v) is 16.0. The van der Waals surface area contributed by atoms with Gasteiger partial charge in [0.1, 0.15) is 0 Å². The number of aromatic nitrogens is 1. The maximum atomic E-state index is 12.6. The number of carboxylic acid groups (broad SMARTS) is 2. The second-order valence-corrected chi connectivity index (χ2v) is 14.0. The molecular weight excluding hydrogens is 580 g/mol. The van der Waals surface area contributed by atoms with Gasteiger partial charge in [0.05, 0.1) is 10.7 Å². The molecule has 1 spiro atoms. The zero-order chi connectivity index (χ0) is 32.1. The van der Waals surface area contributed by atoms with Crippen LogP contribution in [-0.4, -0.2) is 60.2 Å². The summed E-state index contributed by atoms with van der Waals surface area (Å²) in [7, 11) is 0. The molecule has 2 fully saturated rings. The number of aliphatic hydroxyl groups excluding tert-OH is 1. The Bertz CT molecular complexity index is 1550. The van der Waals surface area contributed by atoms with Crippen LogP contribution >= 0.6 is 11.8 Å². The van der Waals surface area contributed by atoms with Crippen molar-refractivity contribution in [3.05, 3.63) is 69.2 Å². The molecule has 0 saturated carbocycles. The lowest BCUT2D eigenvalue weighted by Crippen LogP contribution is -2.36. The number of H-pyrrole nitrogens is 1. The first-order chi connectivity index (χ1) is 20.8. The van der Waals surface area contributed by atoms with Gasteiger partial charge in [-0.05, 0) is 67.5 Å². The van der Waals surface area contributed by atoms with E-state index in [1.165, 1.54) is 0 Å². The van der Waals surface area contributed by atoms with Gasteiger partial charge in [-0.25, -0.2) is 0 Å². The smallest absolute Gasteiger partial charge is 0.303 e. The number of aliphatic carboxylic acids is 2. The molecule has 5 rings (SSSR count). The van der Waals surface area contributed by atoms with Gasteiger partial charge in [-0.2, -0.15) is 0 Å². The van der Waals surface area contributed by atoms with E-state index in [0.717, 1.165) is 50.6 Å². The molecule has 44 heavy (non-hydrogen) atoms. The number of nitrogens with one attached hydrogen (secondary N) is 4. The molecule has 0 radical (unpaired) electrons. The summed E-state index contributed by atoms with van der Waals surface area (Å²) >= 11 is 1.77. The third kappa shape index (κ3) is 5.58. The fourth-order valence-electron chi connectivity index (χ4n) is 7.05. The van der Waals surface area contributed by atoms with Crippen molar-refractivity contribution in [3.8, 4) is 0 Å². The van der Waals surface area contributed by atoms with Crippen LogP contribution in [0.1, 0.15) is 75.9 Å². The molecule has 3 unspecified atom stereocenters. The minimum atomic E-state index is -0.894. The molecule has 2 saturated heterocycles. The second kappa shape index (κ2) is 11.9. The van der Waals surface area contributed by atoms with Crippen molar-refractivity contribution in [2.45, 2.75) is 88.8 Å². The van der Waals surface area contributed by atoms with Crippen molar-refractivity contribution >= 4 is 41.8 Å². The van der Waals surface area contributed by atoms with E-state index in [1.807, 2.05) is 39.8 Å². The number of rotatable bonds is 11. The van der Waals surface area contributed by atoms with E-state index in [0.29, 0.717) is 24.5 Å². The third-order valence-corrected chi connectivity index (χ3v) is 11.7. The molecule has 236 valence electrons. The van der Waals surface area contributed by atoms with Crippen LogP contribution in [0.25, 0.3) is 12.2 Å². The highest BCUT2D eigenvalue weighted by atomic mass is 32.2. The van der Waals surface area contributed by atoms with Crippen LogP contribution in [0.15, 0.2) is 46.7 Å². The van der Waals surface area contributed by atoms with Gasteiger partial charge in [-0.1, -0.05) is 33.4 Å². The number of carboxylic acids is 2. The van der Waals surface area contributed by atoms with Gasteiger partial charge >= 0.3 is 11.9 Å². The van der Waals surface area contributed by atoms with Crippen LogP contribution in [0.4, 0.5) is 0 Å². The summed E-state index contributed by atoms with van der Waals surface area (Å²) in [6, 6.07) is -0.128. The van der Waals surface area contributed by atoms with Crippen molar-refractivity contribution in [1.29, 1.82) is 0 Å². The highest BCUT2D eigenvalue weighted by molar-refractivity contribution is 8.09. The minimum absolute atomic E-state index is 0.00503. The van der Waals surface area contributed by atoms with Gasteiger partial charge < -0.3 is 36.3 Å². The molecule has 11 heteroatoms. The number of aliphatic hydroxyl groups is 1. The summed E-state index contributed by atoms with van der Waals surface area (Å²) in [5.74, 6) is -1.72. The zero-order valence-corrected chi connectivity index (χ0v) is 26.7. The number of carbonyl (C=O) groups excluding carboxylic acids is 1. The van der Waals surface area contributed by atoms with Gasteiger partial charge in [-0.15, -0.1) is 11.8 Å². The standard InChI is InChI=1S/C33H42N4O6S/c1-7-20-15(2)24(36-32(20)43)12-23-16(3)21(8-10-29(38)39)26(34-23)13-27-22(9-11-30(40)41)17(4)25(35-27)14-28-33(19(6)44-33)18(5)31(42)37-28/h7,13-15,18-19,23-24,34-36,43H,1,8-12H2,2-6H3,(H,37,42)(H,38,39)(H,40,41)/b26-13+,28-14-/t15?,18-,19?,23?,24+,33+/m0/s1. The summed E-state index contributed by atoms with van der Waals surface area (Å²) < 4.78 is -0.265. The Morgan fingerprint density at radius 1 is 1.02 bits per heavy atom. The van der Waals surface area contributed by atoms with Gasteiger partial charge in [0.2, 0.25) is 5.91 Å². The fourth-order valence-corrected chi connectivity index (χ4v) is 8.45. The predicted molar refractivity (Wildman–Crippen MR) is 172 cm³/mol. The molecule has 1 aromatic heterocycles. The summed E-state index contributed by atoms with van der Waals surface area (Å²) in [5, 5.41) is 39.5. The van der Waals surface area contributed by atoms with Crippen LogP contribution in [0.3, 0.4) is 0 Å². The largest absolute Gasteiger partial charge is 0.495 e. The van der Waals surface area contributed by atoms with Crippen LogP contribution < -0.4 is 16.0 Å². The SMILES string of the molecule is C=CC1=C(O)N[C@H](CC2N/C(=C/c3[nH]c(/C=C4\NC(=O)[C@H](C)[C@]45SC5C)c(C)c3CCC(=O)O)C(CCC(=O)O)=C2C)C1C. The molecule has 1 aromatic rings. The van der Waals surface area contributed by atoms with Crippen LogP contribution in [-0.2, 0) is 20.8 Å². The Morgan fingerprint density at radius 3 is 2.27 bits per heavy atom. The lowest BCUT2D eigenvalue weighted by atomic mass is 9.90. The molecular formula is C33H42N4O6S. The number of amides is 1. The minimum Gasteiger partial charge on any atom is -0.495 e. The maximum absolute atomic E-state index is 12.6. The molecule has 0 aliphatic carbocycles. The average Bonchev–Trinajstić information content (AvgIpc) is 3.13. The number of carbonyl (C=O) groups is 3. The lowest BCUT2D eigenvalue weighted by molar-refractivity contribution is -0.138. The first kappa shape index (κ1) is 31.6. The van der Waals surface area contributed by atoms with E-state index in [2.05, 4.69) is 34.4 Å². The van der Waals surface area contributed by atoms with E-state index in [-0.39, 0.29) is 53.3 Å². The third-order valence-electron chi connectivity index (χ3n) is 9.89. The quantitative estimate of drug-likeness (QED) is 0.172. The monoisotopic (exact) mass is 622 g/mol. The maximum Gasteiger partial charge on any atom is 0.303 e. The Hall–Kier alpha value is -3.86. The average molecular weight is 623 g/mol. The van der Waals surface area contributed by atoms with Crippen molar-refractivity contribution < 1.29 is 29.7 Å². The molecule has 4 aliphatic rings. The predicted octanol–water partition coefficient (Wildman–Crippen LogP) is 4.77. The molecule has 0 bridgehead atoms. The van der Waals surface area contributed by atoms with Gasteiger partial charge in [0, 0.05) is 64.4 Å². The van der Waals surface area contributed by atoms with Gasteiger partial charge in [-0.3, -0.25) is 14.4 Å². The van der Waals surface area contributed by atoms with E-state index < -0.39 is 11.9 Å². The van der Waals surface area contributed by atoms with E-state index in [4.69, 9.17) is 0 Å². The highest BCUT2D eigenvalue weighted by Crippen LogP contribution is 2.64. The molecule has 10 nitrogen and oxygen atoms in total. The molecule has 1 amide bonds. The van der Waals surface area contributed by atoms with Crippen molar-refractivity contribution in [3.63, 3.8) is 0 Å². The Morgan fingerprint density at radius 2 is 1.68 bits per heavy atom. The molecule has 4 aliphatic heterocycles. The molecule has 0 aromatic carbocycles. The molecule has 6 atom stereocenters. The first-order valence-electron chi connectivity index (χ1n) is 15.1. The van der Waals surface area contributed by atoms with Crippen molar-refractivity contribution in [1.82, 2.24) is 20.9 Å². The van der Waals surface area contributed by atoms with Crippen molar-refractivity contribution in [2.75, 3.05) is 0 Å². The lowest BCUT2D eigenvalue weighted by Gasteiger charge is -2.23. The number of allylic oxidation sites excluding steroid dienone is 2. The van der Waals surface area contributed by atoms with Crippen LogP contribution in [0, 0.1) is 18.8 Å². The normalized spacial score (nSPS) is 31.2. The summed E-state index contributed by atoms with van der Waals surface area (Å²) in [5.41, 5.74) is 7.74. The summed E-state index contributed by atoms with van der Waals surface area (Å²) in [6.45, 7) is 13.9.